The molecule has 0 saturated carbocycles. The Morgan fingerprint density at radius 2 is 0.588 bits per heavy atom. The van der Waals surface area contributed by atoms with Gasteiger partial charge in [0.1, 0.15) is 0 Å². The normalized spacial score (nSPS) is 4.41. The summed E-state index contributed by atoms with van der Waals surface area (Å²) in [5.74, 6) is -2.50. The Morgan fingerprint density at radius 3 is 0.588 bits per heavy atom. The first-order valence-electron chi connectivity index (χ1n) is 2.78. The minimum atomic E-state index is -0.833. The average Bonchev–Trinajstić information content (AvgIpc) is 1.54. The molecule has 1 radical (unpaired) electrons. The number of hydrogen-bond donors (Lipinski definition) is 3. The van der Waals surface area contributed by atoms with Gasteiger partial charge in [0.2, 0.25) is 0 Å². The second-order valence-electron chi connectivity index (χ2n) is 1.56. The van der Waals surface area contributed by atoms with E-state index >= 15 is 0 Å². The molecule has 0 aromatic rings. The van der Waals surface area contributed by atoms with Crippen molar-refractivity contribution in [3.8, 4) is 0 Å². The van der Waals surface area contributed by atoms with Gasteiger partial charge in [0, 0.05) is 70.1 Å². The molecule has 0 bridgehead atoms. The minimum Gasteiger partial charge on any atom is -0.481 e. The molecule has 0 aromatic heterocycles. The van der Waals surface area contributed by atoms with Gasteiger partial charge in [0.05, 0.1) is 0 Å². The van der Waals surface area contributed by atoms with E-state index in [1.807, 2.05) is 0 Å². The molecule has 0 aromatic carbocycles. The van der Waals surface area contributed by atoms with Crippen molar-refractivity contribution in [2.45, 2.75) is 20.8 Å². The van der Waals surface area contributed by atoms with Gasteiger partial charge in [-0.05, 0) is 0 Å². The second kappa shape index (κ2) is 44.6. The van der Waals surface area contributed by atoms with Crippen LogP contribution in [0.3, 0.4) is 0 Å². The Hall–Kier alpha value is -0.166. The van der Waals surface area contributed by atoms with Crippen molar-refractivity contribution in [3.05, 3.63) is 0 Å². The van der Waals surface area contributed by atoms with E-state index in [1.54, 1.807) is 0 Å². The molecule has 11 heteroatoms. The van der Waals surface area contributed by atoms with E-state index in [2.05, 4.69) is 0 Å². The van der Waals surface area contributed by atoms with E-state index in [0.29, 0.717) is 0 Å². The number of aliphatic carboxylic acids is 3. The van der Waals surface area contributed by atoms with Crippen molar-refractivity contribution < 1.29 is 101 Å². The molecule has 0 aliphatic carbocycles. The van der Waals surface area contributed by atoms with Crippen LogP contribution < -0.4 is 0 Å². The van der Waals surface area contributed by atoms with Crippen molar-refractivity contribution >= 4 is 17.9 Å². The van der Waals surface area contributed by atoms with Crippen LogP contribution in [0.2, 0.25) is 0 Å². The third-order valence-corrected chi connectivity index (χ3v) is 0. The largest absolute Gasteiger partial charge is 0.481 e. The van der Waals surface area contributed by atoms with Gasteiger partial charge in [-0.3, -0.25) is 14.4 Å². The molecule has 10 nitrogen and oxygen atoms in total. The van der Waals surface area contributed by atoms with Gasteiger partial charge in [0.25, 0.3) is 17.9 Å². The third kappa shape index (κ3) is 111000. The number of carbonyl (C=O) groups is 3. The number of carboxylic acid groups (broad SMARTS) is 3. The van der Waals surface area contributed by atoms with Crippen molar-refractivity contribution in [3.63, 3.8) is 0 Å². The van der Waals surface area contributed by atoms with Gasteiger partial charge in [-0.2, -0.15) is 0 Å². The van der Waals surface area contributed by atoms with E-state index in [4.69, 9.17) is 29.7 Å². The van der Waals surface area contributed by atoms with Gasteiger partial charge < -0.3 is 37.2 Å². The average molecular weight is 404 g/mol. The molecule has 0 aliphatic rings. The molecule has 0 amide bonds. The summed E-state index contributed by atoms with van der Waals surface area (Å²) in [6.07, 6.45) is 0. The van der Waals surface area contributed by atoms with E-state index in [9.17, 15) is 0 Å². The number of rotatable bonds is 0. The smallest absolute Gasteiger partial charge is 0.300 e. The first-order chi connectivity index (χ1) is 5.20. The van der Waals surface area contributed by atoms with Crippen LogP contribution in [0, 0.1) is 49.4 Å². The quantitative estimate of drug-likeness (QED) is 0.379. The monoisotopic (exact) mass is 405 g/mol. The Morgan fingerprint density at radius 1 is 0.588 bits per heavy atom. The van der Waals surface area contributed by atoms with Crippen LogP contribution in [0.5, 0.6) is 0 Å². The Labute approximate surface area is 138 Å². The predicted octanol–water partition coefficient (Wildman–Crippen LogP) is -3.03. The molecule has 0 aliphatic heterocycles. The summed E-state index contributed by atoms with van der Waals surface area (Å²) < 4.78 is 0. The molecule has 0 saturated heterocycles. The summed E-state index contributed by atoms with van der Waals surface area (Å²) in [6.45, 7) is 3.25. The van der Waals surface area contributed by atoms with Crippen LogP contribution in [0.4, 0.5) is 0 Å². The minimum absolute atomic E-state index is 0. The molecule has 0 heterocycles. The van der Waals surface area contributed by atoms with E-state index in [0.717, 1.165) is 20.8 Å². The Kier molecular flexibility index (Phi) is 142. The van der Waals surface area contributed by atoms with Gasteiger partial charge in [-0.25, -0.2) is 0 Å². The summed E-state index contributed by atoms with van der Waals surface area (Å²) in [5.41, 5.74) is 0. The fourth-order valence-corrected chi connectivity index (χ4v) is 0. The van der Waals surface area contributed by atoms with Gasteiger partial charge in [-0.15, -0.1) is 0 Å². The van der Waals surface area contributed by atoms with Crippen molar-refractivity contribution in [1.82, 2.24) is 0 Å². The summed E-state index contributed by atoms with van der Waals surface area (Å²) in [6, 6.07) is 0. The third-order valence-electron chi connectivity index (χ3n) is 0. The molecule has 0 atom stereocenters. The van der Waals surface area contributed by atoms with Crippen molar-refractivity contribution in [2.24, 2.45) is 0 Å². The molecular weight excluding hydrogens is 384 g/mol. The second-order valence-corrected chi connectivity index (χ2v) is 1.56. The molecule has 0 spiro atoms. The zero-order valence-corrected chi connectivity index (χ0v) is 11.9. The van der Waals surface area contributed by atoms with Gasteiger partial charge in [0.15, 0.2) is 0 Å². The van der Waals surface area contributed by atoms with Crippen LogP contribution in [0.1, 0.15) is 20.8 Å². The SMILES string of the molecule is CC(=O)O.CC(=O)O.CC(=O)O.O.O.O.O.[Eu]. The predicted molar refractivity (Wildman–Crippen MR) is 54.4 cm³/mol. The van der Waals surface area contributed by atoms with Crippen LogP contribution in [0.15, 0.2) is 0 Å². The van der Waals surface area contributed by atoms with Gasteiger partial charge >= 0.3 is 0 Å². The molecule has 17 heavy (non-hydrogen) atoms. The maximum absolute atomic E-state index is 9.00. The van der Waals surface area contributed by atoms with E-state index < -0.39 is 17.9 Å². The molecule has 0 unspecified atom stereocenters. The zero-order chi connectivity index (χ0) is 10.7. The summed E-state index contributed by atoms with van der Waals surface area (Å²) in [5, 5.41) is 22.2. The van der Waals surface area contributed by atoms with Crippen molar-refractivity contribution in [1.29, 1.82) is 0 Å². The fourth-order valence-electron chi connectivity index (χ4n) is 0. The van der Waals surface area contributed by atoms with Gasteiger partial charge in [-0.1, -0.05) is 0 Å². The first kappa shape index (κ1) is 54.1. The Balaban J connectivity index is -0.0000000104. The summed E-state index contributed by atoms with van der Waals surface area (Å²) in [4.78, 5) is 27.0. The Bertz CT molecular complexity index is 118. The molecule has 111 valence electrons. The van der Waals surface area contributed by atoms with Crippen LogP contribution in [-0.2, 0) is 14.4 Å². The molecule has 0 fully saturated rings. The van der Waals surface area contributed by atoms with Crippen LogP contribution >= 0.6 is 0 Å². The zero-order valence-electron chi connectivity index (χ0n) is 9.44. The number of carboxylic acids is 3. The summed E-state index contributed by atoms with van der Waals surface area (Å²) in [7, 11) is 0. The maximum atomic E-state index is 9.00. The van der Waals surface area contributed by atoms with Crippen LogP contribution in [-0.4, -0.2) is 55.1 Å². The standard InChI is InChI=1S/3C2H4O2.Eu.4H2O/c3*1-2(3)4;;;;;/h3*1H3,(H,3,4);;4*1H2. The van der Waals surface area contributed by atoms with Crippen LogP contribution in [0.25, 0.3) is 0 Å². The maximum Gasteiger partial charge on any atom is 0.300 e. The molecule has 0 rings (SSSR count). The fraction of sp³-hybridized carbons (Fsp3) is 0.500. The summed E-state index contributed by atoms with van der Waals surface area (Å²) >= 11 is 0. The number of hydrogen-bond acceptors (Lipinski definition) is 3. The topological polar surface area (TPSA) is 238 Å². The van der Waals surface area contributed by atoms with Crippen molar-refractivity contribution in [2.75, 3.05) is 0 Å². The molecular formula is C6H20EuO10. The molecule has 11 N–H and O–H groups in total. The first-order valence-corrected chi connectivity index (χ1v) is 2.78. The van der Waals surface area contributed by atoms with E-state index in [-0.39, 0.29) is 71.3 Å². The van der Waals surface area contributed by atoms with E-state index in [1.165, 1.54) is 0 Å².